The molecule has 1 aliphatic rings. The molecule has 1 aromatic carbocycles. The highest BCUT2D eigenvalue weighted by Crippen LogP contribution is 2.33. The van der Waals surface area contributed by atoms with Crippen LogP contribution < -0.4 is 10.6 Å². The number of halogens is 1. The second-order valence-corrected chi connectivity index (χ2v) is 9.66. The molecule has 4 rings (SSSR count). The van der Waals surface area contributed by atoms with E-state index < -0.39 is 11.3 Å². The Morgan fingerprint density at radius 1 is 1.24 bits per heavy atom. The van der Waals surface area contributed by atoms with Crippen molar-refractivity contribution in [2.24, 2.45) is 0 Å². The van der Waals surface area contributed by atoms with Gasteiger partial charge in [-0.25, -0.2) is 14.6 Å². The van der Waals surface area contributed by atoms with Gasteiger partial charge < -0.3 is 14.5 Å². The normalized spacial score (nSPS) is 16.6. The summed E-state index contributed by atoms with van der Waals surface area (Å²) in [6.45, 7) is 8.73. The molecule has 1 atom stereocenters. The van der Waals surface area contributed by atoms with Crippen LogP contribution in [0.15, 0.2) is 35.1 Å². The second kappa shape index (κ2) is 9.06. The predicted molar refractivity (Wildman–Crippen MR) is 131 cm³/mol. The molecule has 3 aromatic rings. The number of amides is 1. The van der Waals surface area contributed by atoms with Crippen LogP contribution in [0, 0.1) is 0 Å². The molecule has 10 heteroatoms. The minimum absolute atomic E-state index is 0.131. The Labute approximate surface area is 201 Å². The van der Waals surface area contributed by atoms with Crippen LogP contribution >= 0.6 is 11.6 Å². The van der Waals surface area contributed by atoms with Crippen molar-refractivity contribution in [3.05, 3.63) is 51.4 Å². The molecule has 34 heavy (non-hydrogen) atoms. The Hall–Kier alpha value is -3.46. The number of aromatic nitrogens is 3. The number of piperazine rings is 1. The smallest absolute Gasteiger partial charge is 0.410 e. The van der Waals surface area contributed by atoms with Crippen molar-refractivity contribution < 1.29 is 14.3 Å². The van der Waals surface area contributed by atoms with Crippen LogP contribution in [0.4, 0.5) is 10.6 Å². The van der Waals surface area contributed by atoms with E-state index in [9.17, 15) is 14.4 Å². The number of fused-ring (bicyclic) bond motifs is 1. The summed E-state index contributed by atoms with van der Waals surface area (Å²) < 4.78 is 5.49. The van der Waals surface area contributed by atoms with Gasteiger partial charge in [-0.2, -0.15) is 4.98 Å². The molecule has 0 radical (unpaired) electrons. The van der Waals surface area contributed by atoms with Crippen molar-refractivity contribution in [2.45, 2.75) is 39.3 Å². The highest BCUT2D eigenvalue weighted by molar-refractivity contribution is 6.34. The van der Waals surface area contributed by atoms with Gasteiger partial charge in [0.1, 0.15) is 17.1 Å². The van der Waals surface area contributed by atoms with Crippen molar-refractivity contribution >= 4 is 40.8 Å². The summed E-state index contributed by atoms with van der Waals surface area (Å²) in [6.07, 6.45) is 0.371. The molecular weight excluding hydrogens is 458 g/mol. The zero-order chi connectivity index (χ0) is 24.6. The van der Waals surface area contributed by atoms with Gasteiger partial charge >= 0.3 is 11.8 Å². The predicted octanol–water partition coefficient (Wildman–Crippen LogP) is 3.90. The van der Waals surface area contributed by atoms with E-state index in [2.05, 4.69) is 15.0 Å². The van der Waals surface area contributed by atoms with Gasteiger partial charge in [0.15, 0.2) is 6.29 Å². The first-order chi connectivity index (χ1) is 16.1. The number of nitrogens with zero attached hydrogens (tertiary/aromatic N) is 4. The van der Waals surface area contributed by atoms with Crippen molar-refractivity contribution in [1.82, 2.24) is 19.9 Å². The number of hydrogen-bond acceptors (Lipinski definition) is 7. The third kappa shape index (κ3) is 4.75. The van der Waals surface area contributed by atoms with Gasteiger partial charge in [-0.05, 0) is 33.8 Å². The molecule has 9 nitrogen and oxygen atoms in total. The fraction of sp³-hybridized carbons (Fsp3) is 0.375. The lowest BCUT2D eigenvalue weighted by Gasteiger charge is -2.41. The Morgan fingerprint density at radius 3 is 2.65 bits per heavy atom. The number of nitrogens with one attached hydrogen (secondary N) is 1. The van der Waals surface area contributed by atoms with Gasteiger partial charge in [-0.15, -0.1) is 0 Å². The minimum atomic E-state index is -0.579. The molecule has 1 amide bonds. The van der Waals surface area contributed by atoms with E-state index in [0.29, 0.717) is 58.3 Å². The fourth-order valence-corrected chi connectivity index (χ4v) is 4.28. The molecule has 0 spiro atoms. The van der Waals surface area contributed by atoms with Gasteiger partial charge in [0, 0.05) is 36.8 Å². The summed E-state index contributed by atoms with van der Waals surface area (Å²) in [7, 11) is 0. The Morgan fingerprint density at radius 2 is 1.97 bits per heavy atom. The maximum absolute atomic E-state index is 12.5. The highest BCUT2D eigenvalue weighted by Gasteiger charge is 2.31. The Balaban J connectivity index is 1.70. The molecule has 0 unspecified atom stereocenters. The molecule has 0 saturated carbocycles. The van der Waals surface area contributed by atoms with Crippen molar-refractivity contribution in [3.63, 3.8) is 0 Å². The largest absolute Gasteiger partial charge is 0.444 e. The molecule has 3 heterocycles. The number of aldehydes is 1. The number of ether oxygens (including phenoxy) is 1. The molecule has 0 aliphatic carbocycles. The monoisotopic (exact) mass is 483 g/mol. The van der Waals surface area contributed by atoms with Gasteiger partial charge in [0.2, 0.25) is 0 Å². The van der Waals surface area contributed by atoms with Crippen LogP contribution in [0.25, 0.3) is 22.3 Å². The number of rotatable bonds is 3. The SMILES string of the molecule is C[C@H]1CN(C(=O)OC(C)(C)C)CCN1c1nc(=O)[nH]c2nc(-c3ccccc3C=O)c(Cl)cc12. The quantitative estimate of drug-likeness (QED) is 0.563. The summed E-state index contributed by atoms with van der Waals surface area (Å²) in [5, 5.41) is 0.909. The topological polar surface area (TPSA) is 108 Å². The van der Waals surface area contributed by atoms with E-state index in [-0.39, 0.29) is 12.1 Å². The number of carbonyl (C=O) groups is 2. The van der Waals surface area contributed by atoms with Gasteiger partial charge in [-0.1, -0.05) is 35.9 Å². The van der Waals surface area contributed by atoms with Crippen LogP contribution in [0.5, 0.6) is 0 Å². The first-order valence-corrected chi connectivity index (χ1v) is 11.3. The van der Waals surface area contributed by atoms with Crippen LogP contribution in [0.2, 0.25) is 5.02 Å². The Bertz CT molecular complexity index is 1320. The van der Waals surface area contributed by atoms with Crippen molar-refractivity contribution in [2.75, 3.05) is 24.5 Å². The van der Waals surface area contributed by atoms with Crippen LogP contribution in [-0.2, 0) is 4.74 Å². The first kappa shape index (κ1) is 23.7. The molecule has 1 N–H and O–H groups in total. The first-order valence-electron chi connectivity index (χ1n) is 11.0. The van der Waals surface area contributed by atoms with E-state index in [4.69, 9.17) is 16.3 Å². The molecule has 1 fully saturated rings. The Kier molecular flexibility index (Phi) is 6.31. The third-order valence-corrected chi connectivity index (χ3v) is 5.83. The third-order valence-electron chi connectivity index (χ3n) is 5.54. The summed E-state index contributed by atoms with van der Waals surface area (Å²) in [4.78, 5) is 51.5. The number of carbonyl (C=O) groups excluding carboxylic acids is 2. The fourth-order valence-electron chi connectivity index (χ4n) is 4.03. The summed E-state index contributed by atoms with van der Waals surface area (Å²) >= 11 is 6.59. The number of pyridine rings is 1. The lowest BCUT2D eigenvalue weighted by atomic mass is 10.0. The summed E-state index contributed by atoms with van der Waals surface area (Å²) in [5.74, 6) is 0.444. The minimum Gasteiger partial charge on any atom is -0.444 e. The molecule has 2 aromatic heterocycles. The van der Waals surface area contributed by atoms with Gasteiger partial charge in [-0.3, -0.25) is 9.78 Å². The zero-order valence-electron chi connectivity index (χ0n) is 19.5. The van der Waals surface area contributed by atoms with Crippen molar-refractivity contribution in [3.8, 4) is 11.3 Å². The lowest BCUT2D eigenvalue weighted by Crippen LogP contribution is -2.55. The standard InChI is InChI=1S/C24H26ClN5O4/c1-14-12-29(23(33)34-24(2,3)4)9-10-30(14)21-17-11-18(25)19(26-20(17)27-22(32)28-21)16-8-6-5-7-15(16)13-31/h5-8,11,13-14H,9-10,12H2,1-4H3,(H,26,27,28,32)/t14-/m0/s1. The van der Waals surface area contributed by atoms with Crippen LogP contribution in [0.3, 0.4) is 0 Å². The number of H-pyrrole nitrogens is 1. The maximum atomic E-state index is 12.5. The van der Waals surface area contributed by atoms with Crippen LogP contribution in [0.1, 0.15) is 38.1 Å². The van der Waals surface area contributed by atoms with E-state index >= 15 is 0 Å². The molecule has 178 valence electrons. The number of benzene rings is 1. The van der Waals surface area contributed by atoms with E-state index in [1.165, 1.54) is 0 Å². The lowest BCUT2D eigenvalue weighted by molar-refractivity contribution is 0.0218. The highest BCUT2D eigenvalue weighted by atomic mass is 35.5. The van der Waals surface area contributed by atoms with E-state index in [1.54, 1.807) is 35.2 Å². The number of anilines is 1. The van der Waals surface area contributed by atoms with Gasteiger partial charge in [0.25, 0.3) is 0 Å². The van der Waals surface area contributed by atoms with Gasteiger partial charge in [0.05, 0.1) is 16.1 Å². The number of aromatic amines is 1. The average molecular weight is 484 g/mol. The summed E-state index contributed by atoms with van der Waals surface area (Å²) in [6, 6.07) is 8.54. The molecule has 1 aliphatic heterocycles. The molecule has 0 bridgehead atoms. The summed E-state index contributed by atoms with van der Waals surface area (Å²) in [5.41, 5.74) is 0.602. The molecule has 1 saturated heterocycles. The zero-order valence-corrected chi connectivity index (χ0v) is 20.2. The van der Waals surface area contributed by atoms with Crippen molar-refractivity contribution in [1.29, 1.82) is 0 Å². The van der Waals surface area contributed by atoms with Crippen LogP contribution in [-0.4, -0.2) is 63.5 Å². The van der Waals surface area contributed by atoms with E-state index in [0.717, 1.165) is 6.29 Å². The number of hydrogen-bond donors (Lipinski definition) is 1. The maximum Gasteiger partial charge on any atom is 0.410 e. The molecular formula is C24H26ClN5O4. The second-order valence-electron chi connectivity index (χ2n) is 9.25. The average Bonchev–Trinajstić information content (AvgIpc) is 2.77. The van der Waals surface area contributed by atoms with E-state index in [1.807, 2.05) is 32.6 Å².